The predicted molar refractivity (Wildman–Crippen MR) is 111 cm³/mol. The maximum absolute atomic E-state index is 14.1. The number of aromatic nitrogens is 3. The summed E-state index contributed by atoms with van der Waals surface area (Å²) in [6.07, 6.45) is 4.44. The number of carbonyl (C=O) groups is 1. The molecule has 2 aromatic heterocycles. The van der Waals surface area contributed by atoms with Crippen molar-refractivity contribution in [2.24, 2.45) is 11.7 Å². The second-order valence-electron chi connectivity index (χ2n) is 7.41. The van der Waals surface area contributed by atoms with E-state index in [0.29, 0.717) is 28.6 Å². The van der Waals surface area contributed by atoms with Crippen LogP contribution in [0.1, 0.15) is 42.2 Å². The molecule has 1 unspecified atom stereocenters. The molecule has 1 atom stereocenters. The van der Waals surface area contributed by atoms with Gasteiger partial charge in [-0.05, 0) is 24.0 Å². The first-order valence-corrected chi connectivity index (χ1v) is 10.3. The van der Waals surface area contributed by atoms with Gasteiger partial charge in [-0.2, -0.15) is 0 Å². The lowest BCUT2D eigenvalue weighted by Crippen LogP contribution is -2.15. The summed E-state index contributed by atoms with van der Waals surface area (Å²) in [7, 11) is 0. The number of hydrogen-bond donors (Lipinski definition) is 3. The summed E-state index contributed by atoms with van der Waals surface area (Å²) in [5.41, 5.74) is 5.62. The summed E-state index contributed by atoms with van der Waals surface area (Å²) in [5, 5.41) is 18.9. The third-order valence-electron chi connectivity index (χ3n) is 4.57. The van der Waals surface area contributed by atoms with Crippen LogP contribution in [0.5, 0.6) is 5.75 Å². The Morgan fingerprint density at radius 2 is 2.20 bits per heavy atom. The van der Waals surface area contributed by atoms with Crippen molar-refractivity contribution in [3.63, 3.8) is 0 Å². The summed E-state index contributed by atoms with van der Waals surface area (Å²) in [4.78, 5) is 27.2. The van der Waals surface area contributed by atoms with Crippen molar-refractivity contribution < 1.29 is 19.0 Å². The van der Waals surface area contributed by atoms with E-state index < -0.39 is 23.3 Å². The minimum Gasteiger partial charge on any atom is -0.502 e. The van der Waals surface area contributed by atoms with Gasteiger partial charge in [0, 0.05) is 24.7 Å². The number of alkyl halides is 1. The van der Waals surface area contributed by atoms with Gasteiger partial charge in [0.2, 0.25) is 5.43 Å². The number of pyridine rings is 1. The molecule has 0 aliphatic heterocycles. The third kappa shape index (κ3) is 4.93. The maximum atomic E-state index is 14.1. The number of rotatable bonds is 7. The van der Waals surface area contributed by atoms with Crippen LogP contribution in [-0.4, -0.2) is 39.0 Å². The van der Waals surface area contributed by atoms with Gasteiger partial charge in [-0.15, -0.1) is 10.2 Å². The average Bonchev–Trinajstić information content (AvgIpc) is 3.14. The number of nitrogens with two attached hydrogens (primary N) is 1. The zero-order valence-electron chi connectivity index (χ0n) is 16.6. The molecule has 2 heterocycles. The standard InChI is InChI=1S/C20H23FN4O4S/c1-10(2)5-6-29-20(28)16-18(27)17(26)13(9-23-16)19-25-24-15(30-19)7-11-3-4-12(22)8-14(11)21/h3-4,9-10,14,27H,5-8,22H2,1-2H3,(H,23,26). The largest absolute Gasteiger partial charge is 0.502 e. The molecule has 4 N–H and O–H groups in total. The van der Waals surface area contributed by atoms with Crippen LogP contribution in [0.2, 0.25) is 0 Å². The number of ether oxygens (including phenoxy) is 1. The monoisotopic (exact) mass is 434 g/mol. The Morgan fingerprint density at radius 3 is 2.90 bits per heavy atom. The van der Waals surface area contributed by atoms with Crippen molar-refractivity contribution in [2.75, 3.05) is 6.61 Å². The Kier molecular flexibility index (Phi) is 6.66. The van der Waals surface area contributed by atoms with Crippen LogP contribution in [0.15, 0.2) is 34.4 Å². The topological polar surface area (TPSA) is 131 Å². The number of H-pyrrole nitrogens is 1. The molecule has 160 valence electrons. The zero-order valence-corrected chi connectivity index (χ0v) is 17.5. The van der Waals surface area contributed by atoms with Crippen LogP contribution < -0.4 is 11.2 Å². The van der Waals surface area contributed by atoms with E-state index in [-0.39, 0.29) is 35.7 Å². The first kappa shape index (κ1) is 21.7. The molecule has 0 saturated heterocycles. The van der Waals surface area contributed by atoms with E-state index in [4.69, 9.17) is 10.5 Å². The molecule has 0 aromatic carbocycles. The van der Waals surface area contributed by atoms with E-state index >= 15 is 0 Å². The Morgan fingerprint density at radius 1 is 1.43 bits per heavy atom. The van der Waals surface area contributed by atoms with E-state index in [1.165, 1.54) is 6.20 Å². The second-order valence-corrected chi connectivity index (χ2v) is 8.47. The number of nitrogens with zero attached hydrogens (tertiary/aromatic N) is 2. The first-order chi connectivity index (χ1) is 14.3. The molecule has 3 rings (SSSR count). The molecular weight excluding hydrogens is 411 g/mol. The molecule has 30 heavy (non-hydrogen) atoms. The molecule has 2 aromatic rings. The second kappa shape index (κ2) is 9.21. The Bertz CT molecular complexity index is 1060. The Hall–Kier alpha value is -3.01. The van der Waals surface area contributed by atoms with Crippen molar-refractivity contribution in [2.45, 2.75) is 39.3 Å². The van der Waals surface area contributed by atoms with Crippen LogP contribution >= 0.6 is 11.3 Å². The lowest BCUT2D eigenvalue weighted by atomic mass is 9.98. The zero-order chi connectivity index (χ0) is 21.8. The van der Waals surface area contributed by atoms with Gasteiger partial charge in [0.05, 0.1) is 12.2 Å². The number of hydrogen-bond acceptors (Lipinski definition) is 8. The molecule has 0 bridgehead atoms. The fraction of sp³-hybridized carbons (Fsp3) is 0.400. The molecule has 0 fully saturated rings. The number of nitrogens with one attached hydrogen (secondary N) is 1. The number of esters is 1. The Labute approximate surface area is 176 Å². The summed E-state index contributed by atoms with van der Waals surface area (Å²) < 4.78 is 19.2. The summed E-state index contributed by atoms with van der Waals surface area (Å²) >= 11 is 1.11. The number of carbonyl (C=O) groups excluding carboxylic acids is 1. The Balaban J connectivity index is 1.77. The van der Waals surface area contributed by atoms with Gasteiger partial charge in [0.25, 0.3) is 0 Å². The quantitative estimate of drug-likeness (QED) is 0.571. The third-order valence-corrected chi connectivity index (χ3v) is 5.53. The van der Waals surface area contributed by atoms with E-state index in [0.717, 1.165) is 11.3 Å². The van der Waals surface area contributed by atoms with Crippen molar-refractivity contribution >= 4 is 17.3 Å². The number of allylic oxidation sites excluding steroid dienone is 4. The number of aromatic hydroxyl groups is 1. The average molecular weight is 434 g/mol. The van der Waals surface area contributed by atoms with Gasteiger partial charge in [-0.25, -0.2) is 9.18 Å². The summed E-state index contributed by atoms with van der Waals surface area (Å²) in [6, 6.07) is 0. The molecule has 1 aliphatic carbocycles. The number of halogens is 1. The molecular formula is C20H23FN4O4S. The van der Waals surface area contributed by atoms with Gasteiger partial charge in [-0.3, -0.25) is 4.79 Å². The van der Waals surface area contributed by atoms with E-state index in [1.54, 1.807) is 12.2 Å². The fourth-order valence-electron chi connectivity index (χ4n) is 2.80. The highest BCUT2D eigenvalue weighted by molar-refractivity contribution is 7.14. The molecule has 10 heteroatoms. The SMILES string of the molecule is CC(C)CCOC(=O)c1[nH]cc(-c2nnc(CC3=CC=C(N)CC3F)s2)c(=O)c1O. The first-order valence-electron chi connectivity index (χ1n) is 9.50. The highest BCUT2D eigenvalue weighted by Crippen LogP contribution is 2.27. The summed E-state index contributed by atoms with van der Waals surface area (Å²) in [5.74, 6) is -1.19. The van der Waals surface area contributed by atoms with Crippen molar-refractivity contribution in [3.8, 4) is 16.3 Å². The molecule has 0 radical (unpaired) electrons. The highest BCUT2D eigenvalue weighted by atomic mass is 32.1. The smallest absolute Gasteiger partial charge is 0.358 e. The lowest BCUT2D eigenvalue weighted by Gasteiger charge is -2.15. The fourth-order valence-corrected chi connectivity index (χ4v) is 3.68. The van der Waals surface area contributed by atoms with E-state index in [2.05, 4.69) is 15.2 Å². The van der Waals surface area contributed by atoms with Gasteiger partial charge in [0.1, 0.15) is 11.2 Å². The number of aromatic amines is 1. The summed E-state index contributed by atoms with van der Waals surface area (Å²) in [6.45, 7) is 4.16. The van der Waals surface area contributed by atoms with Crippen LogP contribution in [0.25, 0.3) is 10.6 Å². The molecule has 8 nitrogen and oxygen atoms in total. The molecule has 0 saturated carbocycles. The van der Waals surface area contributed by atoms with Crippen LogP contribution in [0, 0.1) is 5.92 Å². The maximum Gasteiger partial charge on any atom is 0.358 e. The normalized spacial score (nSPS) is 16.3. The van der Waals surface area contributed by atoms with Crippen molar-refractivity contribution in [3.05, 3.63) is 50.5 Å². The predicted octanol–water partition coefficient (Wildman–Crippen LogP) is 2.86. The van der Waals surface area contributed by atoms with Gasteiger partial charge in [-0.1, -0.05) is 31.3 Å². The molecule has 1 aliphatic rings. The van der Waals surface area contributed by atoms with Crippen LogP contribution in [-0.2, 0) is 11.2 Å². The van der Waals surface area contributed by atoms with Gasteiger partial charge in [0.15, 0.2) is 16.5 Å². The van der Waals surface area contributed by atoms with Crippen LogP contribution in [0.3, 0.4) is 0 Å². The molecule has 0 spiro atoms. The minimum atomic E-state index is -1.18. The van der Waals surface area contributed by atoms with Crippen LogP contribution in [0.4, 0.5) is 4.39 Å². The van der Waals surface area contributed by atoms with E-state index in [9.17, 15) is 19.1 Å². The highest BCUT2D eigenvalue weighted by Gasteiger charge is 2.22. The lowest BCUT2D eigenvalue weighted by molar-refractivity contribution is 0.0477. The van der Waals surface area contributed by atoms with Gasteiger partial charge >= 0.3 is 5.97 Å². The van der Waals surface area contributed by atoms with E-state index in [1.807, 2.05) is 13.8 Å². The van der Waals surface area contributed by atoms with Crippen molar-refractivity contribution in [1.29, 1.82) is 0 Å². The van der Waals surface area contributed by atoms with Crippen molar-refractivity contribution in [1.82, 2.24) is 15.2 Å². The molecule has 0 amide bonds. The minimum absolute atomic E-state index is 0.0635. The van der Waals surface area contributed by atoms with Gasteiger partial charge < -0.3 is 20.6 Å².